The Hall–Kier alpha value is -1.80. The molecule has 0 aliphatic heterocycles. The molecule has 0 bridgehead atoms. The van der Waals surface area contributed by atoms with Crippen LogP contribution in [0.1, 0.15) is 11.1 Å². The highest BCUT2D eigenvalue weighted by Crippen LogP contribution is 2.29. The molecule has 2 nitrogen and oxygen atoms in total. The molecule has 14 heavy (non-hydrogen) atoms. The molecule has 2 atom stereocenters. The summed E-state index contributed by atoms with van der Waals surface area (Å²) in [7, 11) is 0. The first-order chi connectivity index (χ1) is 6.85. The molecule has 0 aromatic heterocycles. The van der Waals surface area contributed by atoms with E-state index in [0.717, 1.165) is 12.8 Å². The first kappa shape index (κ1) is 8.78. The maximum Gasteiger partial charge on any atom is 0.0673 e. The van der Waals surface area contributed by atoms with Gasteiger partial charge in [0, 0.05) is 0 Å². The van der Waals surface area contributed by atoms with Crippen LogP contribution in [0.25, 0.3) is 0 Å². The van der Waals surface area contributed by atoms with Crippen LogP contribution in [-0.2, 0) is 12.8 Å². The lowest BCUT2D eigenvalue weighted by Crippen LogP contribution is -2.22. The predicted octanol–water partition coefficient (Wildman–Crippen LogP) is 2.06. The summed E-state index contributed by atoms with van der Waals surface area (Å²) in [4.78, 5) is 0. The molecule has 0 heterocycles. The van der Waals surface area contributed by atoms with Crippen LogP contribution in [0.3, 0.4) is 0 Å². The van der Waals surface area contributed by atoms with Crippen LogP contribution < -0.4 is 0 Å². The minimum Gasteiger partial charge on any atom is -0.198 e. The molecule has 2 rings (SSSR count). The van der Waals surface area contributed by atoms with E-state index in [1.54, 1.807) is 0 Å². The van der Waals surface area contributed by atoms with E-state index < -0.39 is 0 Å². The monoisotopic (exact) mass is 182 g/mol. The number of rotatable bonds is 0. The molecule has 0 N–H and O–H groups in total. The van der Waals surface area contributed by atoms with Gasteiger partial charge in [0.25, 0.3) is 0 Å². The van der Waals surface area contributed by atoms with Crippen molar-refractivity contribution in [1.82, 2.24) is 0 Å². The second kappa shape index (κ2) is 3.52. The quantitative estimate of drug-likeness (QED) is 0.616. The largest absolute Gasteiger partial charge is 0.198 e. The first-order valence-electron chi connectivity index (χ1n) is 4.71. The van der Waals surface area contributed by atoms with Gasteiger partial charge in [0.15, 0.2) is 0 Å². The average molecular weight is 182 g/mol. The fourth-order valence-corrected chi connectivity index (χ4v) is 1.99. The summed E-state index contributed by atoms with van der Waals surface area (Å²) in [5.74, 6) is -0.259. The van der Waals surface area contributed by atoms with E-state index >= 15 is 0 Å². The highest BCUT2D eigenvalue weighted by atomic mass is 14.4. The zero-order valence-electron chi connectivity index (χ0n) is 7.77. The smallest absolute Gasteiger partial charge is 0.0673 e. The van der Waals surface area contributed by atoms with Gasteiger partial charge in [-0.1, -0.05) is 24.3 Å². The van der Waals surface area contributed by atoms with Gasteiger partial charge in [-0.2, -0.15) is 10.5 Å². The Bertz CT molecular complexity index is 382. The van der Waals surface area contributed by atoms with Gasteiger partial charge >= 0.3 is 0 Å². The van der Waals surface area contributed by atoms with E-state index in [9.17, 15) is 0 Å². The Kier molecular flexibility index (Phi) is 2.21. The molecule has 0 saturated heterocycles. The summed E-state index contributed by atoms with van der Waals surface area (Å²) in [6, 6.07) is 12.5. The van der Waals surface area contributed by atoms with Gasteiger partial charge in [-0.05, 0) is 24.0 Å². The normalized spacial score (nSPS) is 24.4. The number of hydrogen-bond donors (Lipinski definition) is 0. The van der Waals surface area contributed by atoms with Crippen LogP contribution in [0.15, 0.2) is 24.3 Å². The van der Waals surface area contributed by atoms with Gasteiger partial charge in [0.1, 0.15) is 0 Å². The van der Waals surface area contributed by atoms with E-state index in [-0.39, 0.29) is 11.8 Å². The van der Waals surface area contributed by atoms with Crippen molar-refractivity contribution in [3.8, 4) is 12.1 Å². The lowest BCUT2D eigenvalue weighted by atomic mass is 9.77. The average Bonchev–Trinajstić information content (AvgIpc) is 2.27. The van der Waals surface area contributed by atoms with Crippen LogP contribution in [0.5, 0.6) is 0 Å². The van der Waals surface area contributed by atoms with Crippen LogP contribution >= 0.6 is 0 Å². The molecule has 1 aromatic rings. The molecule has 0 unspecified atom stereocenters. The molecule has 1 aliphatic rings. The summed E-state index contributed by atoms with van der Waals surface area (Å²) in [6.07, 6.45) is 1.45. The van der Waals surface area contributed by atoms with Crippen molar-refractivity contribution in [3.63, 3.8) is 0 Å². The van der Waals surface area contributed by atoms with Crippen LogP contribution in [0.4, 0.5) is 0 Å². The number of nitriles is 2. The fraction of sp³-hybridized carbons (Fsp3) is 0.333. The molecule has 0 radical (unpaired) electrons. The van der Waals surface area contributed by atoms with Crippen molar-refractivity contribution in [2.24, 2.45) is 11.8 Å². The van der Waals surface area contributed by atoms with Crippen molar-refractivity contribution in [2.75, 3.05) is 0 Å². The summed E-state index contributed by atoms with van der Waals surface area (Å²) >= 11 is 0. The Labute approximate surface area is 83.4 Å². The third kappa shape index (κ3) is 1.36. The summed E-state index contributed by atoms with van der Waals surface area (Å²) in [5, 5.41) is 17.8. The van der Waals surface area contributed by atoms with Gasteiger partial charge in [-0.3, -0.25) is 0 Å². The van der Waals surface area contributed by atoms with Gasteiger partial charge in [-0.25, -0.2) is 0 Å². The molecular weight excluding hydrogens is 172 g/mol. The number of nitrogens with zero attached hydrogens (tertiary/aromatic N) is 2. The zero-order valence-corrected chi connectivity index (χ0v) is 7.77. The maximum atomic E-state index is 8.92. The van der Waals surface area contributed by atoms with Crippen LogP contribution in [0.2, 0.25) is 0 Å². The molecule has 0 amide bonds. The number of fused-ring (bicyclic) bond motifs is 1. The minimum absolute atomic E-state index is 0.130. The number of hydrogen-bond acceptors (Lipinski definition) is 2. The third-order valence-electron chi connectivity index (χ3n) is 2.82. The molecule has 68 valence electrons. The Balaban J connectivity index is 2.36. The predicted molar refractivity (Wildman–Crippen MR) is 52.1 cm³/mol. The lowest BCUT2D eigenvalue weighted by molar-refractivity contribution is 0.461. The van der Waals surface area contributed by atoms with Gasteiger partial charge in [0.2, 0.25) is 0 Å². The molecule has 1 aliphatic carbocycles. The van der Waals surface area contributed by atoms with Gasteiger partial charge in [-0.15, -0.1) is 0 Å². The van der Waals surface area contributed by atoms with E-state index in [0.29, 0.717) is 0 Å². The minimum atomic E-state index is -0.130. The molecule has 2 heteroatoms. The third-order valence-corrected chi connectivity index (χ3v) is 2.82. The van der Waals surface area contributed by atoms with Crippen molar-refractivity contribution in [2.45, 2.75) is 12.8 Å². The Morgan fingerprint density at radius 2 is 1.36 bits per heavy atom. The Morgan fingerprint density at radius 3 is 1.71 bits per heavy atom. The van der Waals surface area contributed by atoms with Gasteiger partial charge < -0.3 is 0 Å². The van der Waals surface area contributed by atoms with Gasteiger partial charge in [0.05, 0.1) is 24.0 Å². The van der Waals surface area contributed by atoms with Crippen molar-refractivity contribution in [1.29, 1.82) is 10.5 Å². The molecule has 0 spiro atoms. The van der Waals surface area contributed by atoms with E-state index in [1.165, 1.54) is 11.1 Å². The SMILES string of the molecule is N#C[C@H]1Cc2ccccc2C[C@@H]1C#N. The van der Waals surface area contributed by atoms with E-state index in [1.807, 2.05) is 24.3 Å². The molecule has 0 fully saturated rings. The first-order valence-corrected chi connectivity index (χ1v) is 4.71. The summed E-state index contributed by atoms with van der Waals surface area (Å²) < 4.78 is 0. The number of benzene rings is 1. The van der Waals surface area contributed by atoms with Crippen LogP contribution in [-0.4, -0.2) is 0 Å². The zero-order chi connectivity index (χ0) is 9.97. The second-order valence-corrected chi connectivity index (χ2v) is 3.65. The molecular formula is C12H10N2. The Morgan fingerprint density at radius 1 is 0.929 bits per heavy atom. The highest BCUT2D eigenvalue weighted by Gasteiger charge is 2.27. The van der Waals surface area contributed by atoms with E-state index in [4.69, 9.17) is 10.5 Å². The van der Waals surface area contributed by atoms with Crippen molar-refractivity contribution < 1.29 is 0 Å². The van der Waals surface area contributed by atoms with Crippen molar-refractivity contribution in [3.05, 3.63) is 35.4 Å². The van der Waals surface area contributed by atoms with Crippen LogP contribution in [0, 0.1) is 34.5 Å². The summed E-state index contributed by atoms with van der Waals surface area (Å²) in [6.45, 7) is 0. The lowest BCUT2D eigenvalue weighted by Gasteiger charge is -2.23. The fourth-order valence-electron chi connectivity index (χ4n) is 1.99. The molecule has 1 aromatic carbocycles. The topological polar surface area (TPSA) is 47.6 Å². The highest BCUT2D eigenvalue weighted by molar-refractivity contribution is 5.33. The molecule has 0 saturated carbocycles. The maximum absolute atomic E-state index is 8.92. The second-order valence-electron chi connectivity index (χ2n) is 3.65. The standard InChI is InChI=1S/C12H10N2/c13-7-11-5-9-3-1-2-4-10(9)6-12(11)8-14/h1-4,11-12H,5-6H2/t11-,12-/m1/s1. The summed E-state index contributed by atoms with van der Waals surface area (Å²) in [5.41, 5.74) is 2.45. The van der Waals surface area contributed by atoms with E-state index in [2.05, 4.69) is 12.1 Å². The van der Waals surface area contributed by atoms with Crippen molar-refractivity contribution >= 4 is 0 Å².